The van der Waals surface area contributed by atoms with E-state index in [1.165, 1.54) is 4.90 Å². The lowest BCUT2D eigenvalue weighted by molar-refractivity contribution is -0.117. The van der Waals surface area contributed by atoms with E-state index in [0.29, 0.717) is 24.3 Å². The minimum absolute atomic E-state index is 0.122. The monoisotopic (exact) mass is 349 g/mol. The van der Waals surface area contributed by atoms with Gasteiger partial charge in [-0.3, -0.25) is 9.59 Å². The minimum Gasteiger partial charge on any atom is -0.360 e. The number of benzene rings is 1. The summed E-state index contributed by atoms with van der Waals surface area (Å²) >= 11 is 0. The highest BCUT2D eigenvalue weighted by atomic mass is 19.1. The summed E-state index contributed by atoms with van der Waals surface area (Å²) in [6.07, 6.45) is 1.93. The summed E-state index contributed by atoms with van der Waals surface area (Å²) < 4.78 is 31.6. The highest BCUT2D eigenvalue weighted by molar-refractivity contribution is 5.99. The van der Waals surface area contributed by atoms with Crippen molar-refractivity contribution in [2.75, 3.05) is 18.4 Å². The Morgan fingerprint density at radius 3 is 2.48 bits per heavy atom. The number of rotatable bonds is 6. The van der Waals surface area contributed by atoms with E-state index in [1.54, 1.807) is 13.0 Å². The molecule has 1 saturated carbocycles. The van der Waals surface area contributed by atoms with Gasteiger partial charge in [-0.1, -0.05) is 5.16 Å². The van der Waals surface area contributed by atoms with Crippen molar-refractivity contribution >= 4 is 17.6 Å². The van der Waals surface area contributed by atoms with Crippen LogP contribution in [0.15, 0.2) is 28.8 Å². The zero-order valence-electron chi connectivity index (χ0n) is 13.6. The minimum atomic E-state index is -0.836. The fraction of sp³-hybridized carbons (Fsp3) is 0.353. The Balaban J connectivity index is 1.72. The van der Waals surface area contributed by atoms with E-state index in [0.717, 1.165) is 25.0 Å². The van der Waals surface area contributed by atoms with Crippen molar-refractivity contribution < 1.29 is 22.9 Å². The van der Waals surface area contributed by atoms with Gasteiger partial charge in [-0.2, -0.15) is 0 Å². The first-order valence-corrected chi connectivity index (χ1v) is 7.89. The summed E-state index contributed by atoms with van der Waals surface area (Å²) in [7, 11) is 0. The van der Waals surface area contributed by atoms with Crippen molar-refractivity contribution in [1.82, 2.24) is 10.1 Å². The maximum absolute atomic E-state index is 13.4. The highest BCUT2D eigenvalue weighted by Gasteiger charge is 2.29. The fourth-order valence-electron chi connectivity index (χ4n) is 2.47. The summed E-state index contributed by atoms with van der Waals surface area (Å²) in [6, 6.07) is 4.17. The molecule has 6 nitrogen and oxygen atoms in total. The van der Waals surface area contributed by atoms with Gasteiger partial charge in [0, 0.05) is 24.2 Å². The van der Waals surface area contributed by atoms with Gasteiger partial charge in [0.05, 0.1) is 0 Å². The molecule has 3 rings (SSSR count). The molecule has 0 aliphatic heterocycles. The average molecular weight is 349 g/mol. The first-order valence-electron chi connectivity index (χ1n) is 7.89. The molecule has 2 amide bonds. The van der Waals surface area contributed by atoms with Gasteiger partial charge in [0.1, 0.15) is 23.9 Å². The van der Waals surface area contributed by atoms with Crippen molar-refractivity contribution in [3.05, 3.63) is 47.2 Å². The van der Waals surface area contributed by atoms with E-state index in [-0.39, 0.29) is 17.9 Å². The molecular formula is C17H17F2N3O3. The summed E-state index contributed by atoms with van der Waals surface area (Å²) in [4.78, 5) is 26.1. The van der Waals surface area contributed by atoms with E-state index in [1.807, 2.05) is 0 Å². The highest BCUT2D eigenvalue weighted by Crippen LogP contribution is 2.30. The third-order valence-corrected chi connectivity index (χ3v) is 3.80. The normalized spacial score (nSPS) is 13.6. The van der Waals surface area contributed by atoms with Crippen molar-refractivity contribution in [2.45, 2.75) is 19.8 Å². The van der Waals surface area contributed by atoms with Gasteiger partial charge < -0.3 is 14.7 Å². The molecule has 1 fully saturated rings. The van der Waals surface area contributed by atoms with Crippen LogP contribution in [0.1, 0.15) is 29.0 Å². The number of aromatic nitrogens is 1. The average Bonchev–Trinajstić information content (AvgIpc) is 3.26. The number of carbonyl (C=O) groups is 2. The van der Waals surface area contributed by atoms with Crippen LogP contribution < -0.4 is 5.32 Å². The Kier molecular flexibility index (Phi) is 4.78. The second kappa shape index (κ2) is 7.00. The Hall–Kier alpha value is -2.77. The molecule has 0 bridgehead atoms. The van der Waals surface area contributed by atoms with Gasteiger partial charge >= 0.3 is 0 Å². The molecule has 0 unspecified atom stereocenters. The number of halogens is 2. The number of aryl methyl sites for hydroxylation is 1. The van der Waals surface area contributed by atoms with Crippen LogP contribution in [0.3, 0.4) is 0 Å². The number of hydrogen-bond donors (Lipinski definition) is 1. The van der Waals surface area contributed by atoms with Crippen LogP contribution in [0, 0.1) is 24.5 Å². The third-order valence-electron chi connectivity index (χ3n) is 3.80. The summed E-state index contributed by atoms with van der Waals surface area (Å²) in [5, 5.41) is 6.18. The van der Waals surface area contributed by atoms with E-state index >= 15 is 0 Å². The van der Waals surface area contributed by atoms with Gasteiger partial charge in [0.25, 0.3) is 5.91 Å². The number of nitrogens with one attached hydrogen (secondary N) is 1. The van der Waals surface area contributed by atoms with Crippen molar-refractivity contribution in [3.8, 4) is 0 Å². The van der Waals surface area contributed by atoms with Gasteiger partial charge in [0.15, 0.2) is 5.82 Å². The summed E-state index contributed by atoms with van der Waals surface area (Å²) in [5.41, 5.74) is -0.122. The van der Waals surface area contributed by atoms with E-state index in [2.05, 4.69) is 10.5 Å². The van der Waals surface area contributed by atoms with Crippen molar-refractivity contribution in [1.29, 1.82) is 0 Å². The van der Waals surface area contributed by atoms with Gasteiger partial charge in [-0.25, -0.2) is 8.78 Å². The molecule has 0 spiro atoms. The Morgan fingerprint density at radius 2 is 1.92 bits per heavy atom. The molecule has 8 heteroatoms. The zero-order valence-corrected chi connectivity index (χ0v) is 13.6. The summed E-state index contributed by atoms with van der Waals surface area (Å²) in [5.74, 6) is -1.62. The quantitative estimate of drug-likeness (QED) is 0.870. The molecule has 1 aromatic carbocycles. The second-order valence-corrected chi connectivity index (χ2v) is 6.16. The van der Waals surface area contributed by atoms with Crippen LogP contribution in [-0.2, 0) is 4.79 Å². The molecule has 0 atom stereocenters. The number of amides is 2. The van der Waals surface area contributed by atoms with Crippen LogP contribution in [0.5, 0.6) is 0 Å². The smallest absolute Gasteiger partial charge is 0.254 e. The van der Waals surface area contributed by atoms with Gasteiger partial charge in [-0.05, 0) is 37.8 Å². The molecule has 25 heavy (non-hydrogen) atoms. The molecule has 0 radical (unpaired) electrons. The van der Waals surface area contributed by atoms with Crippen LogP contribution in [-0.4, -0.2) is 35.0 Å². The van der Waals surface area contributed by atoms with Crippen LogP contribution >= 0.6 is 0 Å². The van der Waals surface area contributed by atoms with E-state index in [9.17, 15) is 18.4 Å². The first kappa shape index (κ1) is 17.1. The van der Waals surface area contributed by atoms with Gasteiger partial charge in [0.2, 0.25) is 5.91 Å². The largest absolute Gasteiger partial charge is 0.360 e. The molecule has 0 saturated heterocycles. The van der Waals surface area contributed by atoms with Gasteiger partial charge in [-0.15, -0.1) is 0 Å². The lowest BCUT2D eigenvalue weighted by Gasteiger charge is -2.22. The summed E-state index contributed by atoms with van der Waals surface area (Å²) in [6.45, 7) is 1.81. The molecule has 1 heterocycles. The number of anilines is 1. The topological polar surface area (TPSA) is 75.4 Å². The molecule has 132 valence electrons. The standard InChI is InChI=1S/C17H17F2N3O3/c1-10-4-15(21-25-10)20-16(23)9-22(8-11-2-3-11)17(24)12-5-13(18)7-14(19)6-12/h4-7,11H,2-3,8-9H2,1H3,(H,20,21,23). The van der Waals surface area contributed by atoms with Crippen LogP contribution in [0.25, 0.3) is 0 Å². The first-order chi connectivity index (χ1) is 11.9. The maximum Gasteiger partial charge on any atom is 0.254 e. The third kappa shape index (κ3) is 4.62. The number of carbonyl (C=O) groups excluding carboxylic acids is 2. The predicted molar refractivity (Wildman–Crippen MR) is 84.9 cm³/mol. The van der Waals surface area contributed by atoms with E-state index < -0.39 is 23.4 Å². The van der Waals surface area contributed by atoms with Crippen LogP contribution in [0.2, 0.25) is 0 Å². The van der Waals surface area contributed by atoms with E-state index in [4.69, 9.17) is 4.52 Å². The molecule has 2 aromatic rings. The Bertz CT molecular complexity index is 782. The van der Waals surface area contributed by atoms with Crippen molar-refractivity contribution in [3.63, 3.8) is 0 Å². The molecule has 1 N–H and O–H groups in total. The maximum atomic E-state index is 13.4. The molecule has 1 aliphatic rings. The fourth-order valence-corrected chi connectivity index (χ4v) is 2.47. The molecule has 1 aromatic heterocycles. The SMILES string of the molecule is Cc1cc(NC(=O)CN(CC2CC2)C(=O)c2cc(F)cc(F)c2)no1. The number of nitrogens with zero attached hydrogens (tertiary/aromatic N) is 2. The second-order valence-electron chi connectivity index (χ2n) is 6.16. The lowest BCUT2D eigenvalue weighted by atomic mass is 10.1. The zero-order chi connectivity index (χ0) is 18.0. The molecular weight excluding hydrogens is 332 g/mol. The predicted octanol–water partition coefficient (Wildman–Crippen LogP) is 2.75. The Morgan fingerprint density at radius 1 is 1.24 bits per heavy atom. The Labute approximate surface area is 142 Å². The molecule has 1 aliphatic carbocycles. The van der Waals surface area contributed by atoms with Crippen LogP contribution in [0.4, 0.5) is 14.6 Å². The number of hydrogen-bond acceptors (Lipinski definition) is 4. The van der Waals surface area contributed by atoms with Crippen molar-refractivity contribution in [2.24, 2.45) is 5.92 Å². The lowest BCUT2D eigenvalue weighted by Crippen LogP contribution is -2.39.